The summed E-state index contributed by atoms with van der Waals surface area (Å²) < 4.78 is 0. The van der Waals surface area contributed by atoms with Crippen molar-refractivity contribution in [3.8, 4) is 0 Å². The molecule has 124 valence electrons. The number of nitrogens with one attached hydrogen (secondary N) is 1. The van der Waals surface area contributed by atoms with E-state index in [1.54, 1.807) is 13.3 Å². The Hall–Kier alpha value is -1.72. The zero-order chi connectivity index (χ0) is 16.4. The highest BCUT2D eigenvalue weighted by molar-refractivity contribution is 5.89. The van der Waals surface area contributed by atoms with Crippen molar-refractivity contribution in [2.75, 3.05) is 19.4 Å². The van der Waals surface area contributed by atoms with Gasteiger partial charge in [0.15, 0.2) is 0 Å². The Kier molecular flexibility index (Phi) is 4.78. The molecule has 3 rings (SSSR count). The summed E-state index contributed by atoms with van der Waals surface area (Å²) in [5.41, 5.74) is 1.81. The zero-order valence-electron chi connectivity index (χ0n) is 14.2. The van der Waals surface area contributed by atoms with Gasteiger partial charge in [-0.05, 0) is 64.4 Å². The number of fused-ring (bicyclic) bond motifs is 1. The van der Waals surface area contributed by atoms with E-state index in [2.05, 4.69) is 34.3 Å². The number of nitrogens with zero attached hydrogens (tertiary/aromatic N) is 3. The Morgan fingerprint density at radius 3 is 2.57 bits per heavy atom. The molecule has 23 heavy (non-hydrogen) atoms. The Labute approximate surface area is 137 Å². The number of aliphatic hydroxyl groups excluding tert-OH is 1. The van der Waals surface area contributed by atoms with Crippen LogP contribution >= 0.6 is 0 Å². The monoisotopic (exact) mass is 314 g/mol. The third-order valence-electron chi connectivity index (χ3n) is 4.91. The molecule has 1 aliphatic carbocycles. The standard InChI is InChI=1S/C18H26N4O/c1-12(23)13-4-9-17-16(10-13)18(20-11-19-17)21-14-5-7-15(8-6-14)22(2)3/h4,9-12,14-15,23H,5-8H2,1-3H3,(H,19,20,21)/t12-,14?,15?/m1/s1. The second-order valence-corrected chi connectivity index (χ2v) is 6.79. The van der Waals surface area contributed by atoms with Crippen molar-refractivity contribution in [2.45, 2.75) is 50.8 Å². The van der Waals surface area contributed by atoms with Gasteiger partial charge in [0.05, 0.1) is 11.6 Å². The number of aromatic nitrogens is 2. The van der Waals surface area contributed by atoms with Crippen molar-refractivity contribution >= 4 is 16.7 Å². The van der Waals surface area contributed by atoms with Crippen molar-refractivity contribution in [2.24, 2.45) is 0 Å². The fourth-order valence-corrected chi connectivity index (χ4v) is 3.38. The first kappa shape index (κ1) is 16.1. The fraction of sp³-hybridized carbons (Fsp3) is 0.556. The van der Waals surface area contributed by atoms with Gasteiger partial charge in [0.2, 0.25) is 0 Å². The highest BCUT2D eigenvalue weighted by Gasteiger charge is 2.23. The molecule has 0 aliphatic heterocycles. The smallest absolute Gasteiger partial charge is 0.137 e. The maximum absolute atomic E-state index is 9.81. The number of rotatable bonds is 4. The van der Waals surface area contributed by atoms with Crippen LogP contribution in [0.5, 0.6) is 0 Å². The predicted octanol–water partition coefficient (Wildman–Crippen LogP) is 2.97. The second-order valence-electron chi connectivity index (χ2n) is 6.79. The van der Waals surface area contributed by atoms with Crippen molar-refractivity contribution in [3.05, 3.63) is 30.1 Å². The Morgan fingerprint density at radius 1 is 1.17 bits per heavy atom. The van der Waals surface area contributed by atoms with E-state index >= 15 is 0 Å². The van der Waals surface area contributed by atoms with Gasteiger partial charge in [-0.3, -0.25) is 0 Å². The summed E-state index contributed by atoms with van der Waals surface area (Å²) in [7, 11) is 4.32. The second kappa shape index (κ2) is 6.81. The third-order valence-corrected chi connectivity index (χ3v) is 4.91. The first-order valence-electron chi connectivity index (χ1n) is 8.40. The summed E-state index contributed by atoms with van der Waals surface area (Å²) in [4.78, 5) is 11.1. The van der Waals surface area contributed by atoms with E-state index in [9.17, 15) is 5.11 Å². The van der Waals surface area contributed by atoms with Crippen molar-refractivity contribution in [3.63, 3.8) is 0 Å². The largest absolute Gasteiger partial charge is 0.389 e. The summed E-state index contributed by atoms with van der Waals surface area (Å²) in [5.74, 6) is 0.880. The summed E-state index contributed by atoms with van der Waals surface area (Å²) in [6.45, 7) is 1.78. The molecule has 1 aromatic carbocycles. The minimum Gasteiger partial charge on any atom is -0.389 e. The van der Waals surface area contributed by atoms with Crippen LogP contribution in [0.25, 0.3) is 10.9 Å². The Bertz CT molecular complexity index is 663. The van der Waals surface area contributed by atoms with E-state index in [0.29, 0.717) is 12.1 Å². The van der Waals surface area contributed by atoms with Gasteiger partial charge in [-0.1, -0.05) is 6.07 Å². The molecule has 1 fully saturated rings. The minimum absolute atomic E-state index is 0.458. The normalized spacial score (nSPS) is 23.2. The van der Waals surface area contributed by atoms with E-state index in [4.69, 9.17) is 0 Å². The molecule has 1 heterocycles. The van der Waals surface area contributed by atoms with E-state index in [0.717, 1.165) is 35.1 Å². The molecular formula is C18H26N4O. The van der Waals surface area contributed by atoms with Gasteiger partial charge in [-0.25, -0.2) is 9.97 Å². The van der Waals surface area contributed by atoms with Gasteiger partial charge in [0.25, 0.3) is 0 Å². The Balaban J connectivity index is 1.79. The highest BCUT2D eigenvalue weighted by Crippen LogP contribution is 2.28. The number of anilines is 1. The molecule has 1 aliphatic rings. The first-order valence-corrected chi connectivity index (χ1v) is 8.40. The predicted molar refractivity (Wildman–Crippen MR) is 93.5 cm³/mol. The number of hydrogen-bond donors (Lipinski definition) is 2. The molecule has 0 amide bonds. The van der Waals surface area contributed by atoms with Crippen molar-refractivity contribution < 1.29 is 5.11 Å². The van der Waals surface area contributed by atoms with Gasteiger partial charge >= 0.3 is 0 Å². The van der Waals surface area contributed by atoms with E-state index < -0.39 is 6.10 Å². The van der Waals surface area contributed by atoms with Crippen LogP contribution in [-0.2, 0) is 0 Å². The average molecular weight is 314 g/mol. The summed E-state index contributed by atoms with van der Waals surface area (Å²) in [5, 5.41) is 14.4. The van der Waals surface area contributed by atoms with Gasteiger partial charge in [0.1, 0.15) is 12.1 Å². The topological polar surface area (TPSA) is 61.3 Å². The van der Waals surface area contributed by atoms with Crippen LogP contribution in [0.2, 0.25) is 0 Å². The van der Waals surface area contributed by atoms with Crippen LogP contribution in [0.1, 0.15) is 44.3 Å². The number of hydrogen-bond acceptors (Lipinski definition) is 5. The van der Waals surface area contributed by atoms with Crippen LogP contribution in [-0.4, -0.2) is 46.2 Å². The van der Waals surface area contributed by atoms with E-state index in [-0.39, 0.29) is 0 Å². The van der Waals surface area contributed by atoms with Crippen molar-refractivity contribution in [1.82, 2.24) is 14.9 Å². The number of benzene rings is 1. The lowest BCUT2D eigenvalue weighted by molar-refractivity contribution is 0.199. The van der Waals surface area contributed by atoms with Crippen LogP contribution in [0, 0.1) is 0 Å². The molecule has 5 heteroatoms. The molecule has 0 radical (unpaired) electrons. The van der Waals surface area contributed by atoms with Crippen LogP contribution in [0.15, 0.2) is 24.5 Å². The molecule has 0 bridgehead atoms. The average Bonchev–Trinajstić information content (AvgIpc) is 2.55. The van der Waals surface area contributed by atoms with Gasteiger partial charge < -0.3 is 15.3 Å². The fourth-order valence-electron chi connectivity index (χ4n) is 3.38. The van der Waals surface area contributed by atoms with Gasteiger partial charge in [-0.2, -0.15) is 0 Å². The SMILES string of the molecule is C[C@@H](O)c1ccc2ncnc(NC3CCC(N(C)C)CC3)c2c1. The lowest BCUT2D eigenvalue weighted by Gasteiger charge is -2.33. The molecule has 1 aromatic heterocycles. The first-order chi connectivity index (χ1) is 11.0. The number of aliphatic hydroxyl groups is 1. The lowest BCUT2D eigenvalue weighted by atomic mass is 9.90. The molecule has 5 nitrogen and oxygen atoms in total. The molecule has 2 N–H and O–H groups in total. The van der Waals surface area contributed by atoms with E-state index in [1.165, 1.54) is 12.8 Å². The maximum Gasteiger partial charge on any atom is 0.137 e. The Morgan fingerprint density at radius 2 is 1.91 bits per heavy atom. The molecule has 0 saturated heterocycles. The molecular weight excluding hydrogens is 288 g/mol. The quantitative estimate of drug-likeness (QED) is 0.908. The van der Waals surface area contributed by atoms with Crippen LogP contribution in [0.3, 0.4) is 0 Å². The minimum atomic E-state index is -0.483. The third kappa shape index (κ3) is 3.62. The lowest BCUT2D eigenvalue weighted by Crippen LogP contribution is -2.36. The van der Waals surface area contributed by atoms with Gasteiger partial charge in [0, 0.05) is 17.5 Å². The highest BCUT2D eigenvalue weighted by atomic mass is 16.3. The molecule has 1 atom stereocenters. The molecule has 1 saturated carbocycles. The summed E-state index contributed by atoms with van der Waals surface area (Å²) in [6, 6.07) is 7.02. The van der Waals surface area contributed by atoms with Gasteiger partial charge in [-0.15, -0.1) is 0 Å². The molecule has 0 unspecified atom stereocenters. The van der Waals surface area contributed by atoms with Crippen molar-refractivity contribution in [1.29, 1.82) is 0 Å². The van der Waals surface area contributed by atoms with Crippen LogP contribution in [0.4, 0.5) is 5.82 Å². The summed E-state index contributed by atoms with van der Waals surface area (Å²) >= 11 is 0. The zero-order valence-corrected chi connectivity index (χ0v) is 14.2. The molecule has 0 spiro atoms. The maximum atomic E-state index is 9.81. The van der Waals surface area contributed by atoms with Crippen LogP contribution < -0.4 is 5.32 Å². The van der Waals surface area contributed by atoms with E-state index in [1.807, 2.05) is 18.2 Å². The molecule has 2 aromatic rings. The summed E-state index contributed by atoms with van der Waals surface area (Å²) in [6.07, 6.45) is 5.87.